The van der Waals surface area contributed by atoms with Crippen LogP contribution in [-0.4, -0.2) is 41.9 Å². The molecule has 6 heteroatoms. The summed E-state index contributed by atoms with van der Waals surface area (Å²) in [4.78, 5) is 26.8. The average molecular weight is 279 g/mol. The van der Waals surface area contributed by atoms with Crippen molar-refractivity contribution in [2.75, 3.05) is 20.1 Å². The second-order valence-electron chi connectivity index (χ2n) is 5.33. The highest BCUT2D eigenvalue weighted by atomic mass is 16.3. The molecule has 1 aliphatic heterocycles. The van der Waals surface area contributed by atoms with E-state index >= 15 is 0 Å². The number of piperidine rings is 1. The number of urea groups is 1. The van der Waals surface area contributed by atoms with Gasteiger partial charge in [0.25, 0.3) is 0 Å². The maximum atomic E-state index is 12.4. The fourth-order valence-electron chi connectivity index (χ4n) is 2.57. The molecule has 3 amide bonds. The average Bonchev–Trinajstić information content (AvgIpc) is 2.83. The van der Waals surface area contributed by atoms with Crippen LogP contribution in [0, 0.1) is 12.8 Å². The SMILES string of the molecule is Cc1ccc(CN(C)C(=O)[C@@H]2CCCN(C(N)=O)C2)o1. The minimum atomic E-state index is -0.452. The van der Waals surface area contributed by atoms with Gasteiger partial charge in [0, 0.05) is 20.1 Å². The second-order valence-corrected chi connectivity index (χ2v) is 5.33. The molecule has 0 saturated carbocycles. The standard InChI is InChI=1S/C14H21N3O3/c1-10-5-6-12(20-10)9-16(2)13(18)11-4-3-7-17(8-11)14(15)19/h5-6,11H,3-4,7-9H2,1-2H3,(H2,15,19)/t11-/m1/s1. The third kappa shape index (κ3) is 3.31. The van der Waals surface area contributed by atoms with Crippen LogP contribution >= 0.6 is 0 Å². The first-order valence-electron chi connectivity index (χ1n) is 6.82. The van der Waals surface area contributed by atoms with Gasteiger partial charge in [0.2, 0.25) is 5.91 Å². The number of hydrogen-bond acceptors (Lipinski definition) is 3. The van der Waals surface area contributed by atoms with Crippen molar-refractivity contribution in [3.63, 3.8) is 0 Å². The number of carbonyl (C=O) groups excluding carboxylic acids is 2. The van der Waals surface area contributed by atoms with Gasteiger partial charge in [0.15, 0.2) is 0 Å². The van der Waals surface area contributed by atoms with E-state index in [-0.39, 0.29) is 11.8 Å². The van der Waals surface area contributed by atoms with Crippen LogP contribution in [0.3, 0.4) is 0 Å². The zero-order valence-electron chi connectivity index (χ0n) is 12.0. The molecule has 1 fully saturated rings. The van der Waals surface area contributed by atoms with Crippen molar-refractivity contribution >= 4 is 11.9 Å². The highest BCUT2D eigenvalue weighted by Crippen LogP contribution is 2.19. The molecule has 2 heterocycles. The largest absolute Gasteiger partial charge is 0.464 e. The molecule has 2 N–H and O–H groups in total. The Bertz CT molecular complexity index is 498. The van der Waals surface area contributed by atoms with Gasteiger partial charge in [-0.3, -0.25) is 4.79 Å². The number of aryl methyl sites for hydroxylation is 1. The van der Waals surface area contributed by atoms with Crippen molar-refractivity contribution in [3.05, 3.63) is 23.7 Å². The fraction of sp³-hybridized carbons (Fsp3) is 0.571. The number of furan rings is 1. The van der Waals surface area contributed by atoms with Gasteiger partial charge < -0.3 is 20.0 Å². The number of nitrogens with two attached hydrogens (primary N) is 1. The summed E-state index contributed by atoms with van der Waals surface area (Å²) in [5.41, 5.74) is 5.28. The van der Waals surface area contributed by atoms with E-state index < -0.39 is 6.03 Å². The van der Waals surface area contributed by atoms with Crippen molar-refractivity contribution in [1.29, 1.82) is 0 Å². The van der Waals surface area contributed by atoms with Crippen molar-refractivity contribution < 1.29 is 14.0 Å². The summed E-state index contributed by atoms with van der Waals surface area (Å²) in [5, 5.41) is 0. The van der Waals surface area contributed by atoms with Crippen LogP contribution in [0.2, 0.25) is 0 Å². The molecule has 0 spiro atoms. The molecule has 1 aromatic heterocycles. The number of rotatable bonds is 3. The number of likely N-dealkylation sites (tertiary alicyclic amines) is 1. The quantitative estimate of drug-likeness (QED) is 0.906. The van der Waals surface area contributed by atoms with Gasteiger partial charge in [-0.25, -0.2) is 4.79 Å². The van der Waals surface area contributed by atoms with Crippen molar-refractivity contribution in [1.82, 2.24) is 9.80 Å². The van der Waals surface area contributed by atoms with E-state index in [0.29, 0.717) is 19.6 Å². The smallest absolute Gasteiger partial charge is 0.314 e. The van der Waals surface area contributed by atoms with Crippen molar-refractivity contribution in [3.8, 4) is 0 Å². The van der Waals surface area contributed by atoms with Crippen LogP contribution in [0.25, 0.3) is 0 Å². The van der Waals surface area contributed by atoms with E-state index in [1.54, 1.807) is 11.9 Å². The number of carbonyl (C=O) groups is 2. The molecule has 0 bridgehead atoms. The lowest BCUT2D eigenvalue weighted by Gasteiger charge is -2.32. The molecule has 20 heavy (non-hydrogen) atoms. The minimum absolute atomic E-state index is 0.0324. The van der Waals surface area contributed by atoms with E-state index in [1.165, 1.54) is 4.90 Å². The van der Waals surface area contributed by atoms with E-state index in [2.05, 4.69) is 0 Å². The van der Waals surface area contributed by atoms with Gasteiger partial charge in [-0.2, -0.15) is 0 Å². The Morgan fingerprint density at radius 1 is 1.50 bits per heavy atom. The first-order valence-corrected chi connectivity index (χ1v) is 6.82. The number of hydrogen-bond donors (Lipinski definition) is 1. The van der Waals surface area contributed by atoms with Gasteiger partial charge in [-0.15, -0.1) is 0 Å². The maximum absolute atomic E-state index is 12.4. The fourth-order valence-corrected chi connectivity index (χ4v) is 2.57. The summed E-state index contributed by atoms with van der Waals surface area (Å²) in [6, 6.07) is 3.30. The normalized spacial score (nSPS) is 18.9. The Morgan fingerprint density at radius 2 is 2.25 bits per heavy atom. The van der Waals surface area contributed by atoms with Crippen molar-refractivity contribution in [2.45, 2.75) is 26.3 Å². The number of primary amides is 1. The molecule has 2 rings (SSSR count). The Labute approximate surface area is 118 Å². The molecule has 6 nitrogen and oxygen atoms in total. The minimum Gasteiger partial charge on any atom is -0.464 e. The van der Waals surface area contributed by atoms with Crippen molar-refractivity contribution in [2.24, 2.45) is 11.7 Å². The molecule has 1 atom stereocenters. The Morgan fingerprint density at radius 3 is 2.85 bits per heavy atom. The summed E-state index contributed by atoms with van der Waals surface area (Å²) in [7, 11) is 1.75. The summed E-state index contributed by atoms with van der Waals surface area (Å²) in [5.74, 6) is 1.46. The van der Waals surface area contributed by atoms with E-state index in [1.807, 2.05) is 19.1 Å². The highest BCUT2D eigenvalue weighted by Gasteiger charge is 2.29. The number of amides is 3. The predicted octanol–water partition coefficient (Wildman–Crippen LogP) is 1.34. The summed E-state index contributed by atoms with van der Waals surface area (Å²) in [6.07, 6.45) is 1.61. The lowest BCUT2D eigenvalue weighted by Crippen LogP contribution is -2.47. The van der Waals surface area contributed by atoms with E-state index in [9.17, 15) is 9.59 Å². The third-order valence-corrected chi connectivity index (χ3v) is 3.65. The highest BCUT2D eigenvalue weighted by molar-refractivity contribution is 5.80. The van der Waals surface area contributed by atoms with Gasteiger partial charge in [0.05, 0.1) is 12.5 Å². The first-order chi connectivity index (χ1) is 9.47. The topological polar surface area (TPSA) is 79.8 Å². The molecule has 0 radical (unpaired) electrons. The van der Waals surface area contributed by atoms with Gasteiger partial charge in [0.1, 0.15) is 11.5 Å². The molecule has 1 saturated heterocycles. The Hall–Kier alpha value is -1.98. The Balaban J connectivity index is 1.94. The molecule has 0 aliphatic carbocycles. The molecule has 1 aliphatic rings. The molecular weight excluding hydrogens is 258 g/mol. The number of nitrogens with zero attached hydrogens (tertiary/aromatic N) is 2. The zero-order valence-corrected chi connectivity index (χ0v) is 12.0. The zero-order chi connectivity index (χ0) is 14.7. The predicted molar refractivity (Wildman–Crippen MR) is 73.8 cm³/mol. The molecular formula is C14H21N3O3. The van der Waals surface area contributed by atoms with E-state index in [4.69, 9.17) is 10.2 Å². The van der Waals surface area contributed by atoms with Crippen LogP contribution < -0.4 is 5.73 Å². The van der Waals surface area contributed by atoms with Crippen LogP contribution in [-0.2, 0) is 11.3 Å². The molecule has 0 unspecified atom stereocenters. The van der Waals surface area contributed by atoms with Crippen LogP contribution in [0.1, 0.15) is 24.4 Å². The molecule has 0 aromatic carbocycles. The van der Waals surface area contributed by atoms with Gasteiger partial charge >= 0.3 is 6.03 Å². The van der Waals surface area contributed by atoms with Crippen LogP contribution in [0.15, 0.2) is 16.5 Å². The molecule has 1 aromatic rings. The maximum Gasteiger partial charge on any atom is 0.314 e. The summed E-state index contributed by atoms with van der Waals surface area (Å²) < 4.78 is 5.47. The van der Waals surface area contributed by atoms with Gasteiger partial charge in [-0.05, 0) is 31.9 Å². The second kappa shape index (κ2) is 5.98. The summed E-state index contributed by atoms with van der Waals surface area (Å²) in [6.45, 7) is 3.37. The van der Waals surface area contributed by atoms with Gasteiger partial charge in [-0.1, -0.05) is 0 Å². The lowest BCUT2D eigenvalue weighted by molar-refractivity contribution is -0.136. The van der Waals surface area contributed by atoms with Crippen LogP contribution in [0.5, 0.6) is 0 Å². The Kier molecular flexibility index (Phi) is 4.32. The van der Waals surface area contributed by atoms with Crippen LogP contribution in [0.4, 0.5) is 4.79 Å². The molecule has 110 valence electrons. The first kappa shape index (κ1) is 14.4. The lowest BCUT2D eigenvalue weighted by atomic mass is 9.97. The monoisotopic (exact) mass is 279 g/mol. The van der Waals surface area contributed by atoms with E-state index in [0.717, 1.165) is 24.4 Å². The summed E-state index contributed by atoms with van der Waals surface area (Å²) >= 11 is 0. The third-order valence-electron chi connectivity index (χ3n) is 3.65.